The number of ether oxygens (including phenoxy) is 1. The van der Waals surface area contributed by atoms with Crippen molar-refractivity contribution >= 4 is 11.7 Å². The van der Waals surface area contributed by atoms with Gasteiger partial charge in [-0.1, -0.05) is 0 Å². The lowest BCUT2D eigenvalue weighted by atomic mass is 9.95. The Morgan fingerprint density at radius 2 is 1.96 bits per heavy atom. The molecule has 4 rings (SSSR count). The predicted octanol–water partition coefficient (Wildman–Crippen LogP) is 1.27. The third-order valence-electron chi connectivity index (χ3n) is 5.78. The monoisotopic (exact) mass is 362 g/mol. The van der Waals surface area contributed by atoms with Gasteiger partial charge < -0.3 is 9.64 Å². The molecule has 1 amide bonds. The number of carbonyl (C=O) groups is 2. The summed E-state index contributed by atoms with van der Waals surface area (Å²) < 4.78 is 6.92. The van der Waals surface area contributed by atoms with E-state index in [0.717, 1.165) is 44.9 Å². The standard InChI is InChI=1S/C19H30N4O3/c1-13-19(15(3)24)14(2)23(20-13)12-18(25)22-10-16-5-6-17(11-22)21(9-16)7-8-26-4/h16-17H,5-12H2,1-4H3/t16-,17-/m0/s1. The minimum Gasteiger partial charge on any atom is -0.383 e. The van der Waals surface area contributed by atoms with E-state index in [-0.39, 0.29) is 18.2 Å². The Labute approximate surface area is 155 Å². The van der Waals surface area contributed by atoms with Gasteiger partial charge >= 0.3 is 0 Å². The molecule has 2 atom stereocenters. The van der Waals surface area contributed by atoms with Crippen LogP contribution in [0.15, 0.2) is 0 Å². The van der Waals surface area contributed by atoms with Crippen LogP contribution in [0.3, 0.4) is 0 Å². The lowest BCUT2D eigenvalue weighted by molar-refractivity contribution is -0.132. The molecule has 4 heterocycles. The quantitative estimate of drug-likeness (QED) is 0.713. The summed E-state index contributed by atoms with van der Waals surface area (Å²) in [4.78, 5) is 29.2. The van der Waals surface area contributed by atoms with E-state index in [4.69, 9.17) is 4.74 Å². The van der Waals surface area contributed by atoms with E-state index in [0.29, 0.717) is 23.2 Å². The van der Waals surface area contributed by atoms with E-state index in [1.807, 2.05) is 18.7 Å². The molecule has 3 saturated heterocycles. The number of hydrogen-bond acceptors (Lipinski definition) is 5. The van der Waals surface area contributed by atoms with Gasteiger partial charge in [0.25, 0.3) is 0 Å². The second kappa shape index (κ2) is 7.88. The van der Waals surface area contributed by atoms with Gasteiger partial charge in [0.15, 0.2) is 5.78 Å². The van der Waals surface area contributed by atoms with Crippen LogP contribution in [0.1, 0.15) is 41.5 Å². The Morgan fingerprint density at radius 1 is 1.19 bits per heavy atom. The van der Waals surface area contributed by atoms with Crippen LogP contribution >= 0.6 is 0 Å². The van der Waals surface area contributed by atoms with E-state index < -0.39 is 0 Å². The first-order valence-corrected chi connectivity index (χ1v) is 9.46. The van der Waals surface area contributed by atoms with E-state index in [2.05, 4.69) is 10.00 Å². The molecule has 3 aliphatic heterocycles. The zero-order valence-corrected chi connectivity index (χ0v) is 16.3. The smallest absolute Gasteiger partial charge is 0.244 e. The minimum absolute atomic E-state index is 0.000279. The zero-order chi connectivity index (χ0) is 18.8. The zero-order valence-electron chi connectivity index (χ0n) is 16.3. The average molecular weight is 362 g/mol. The highest BCUT2D eigenvalue weighted by Crippen LogP contribution is 2.28. The summed E-state index contributed by atoms with van der Waals surface area (Å²) in [5.41, 5.74) is 2.12. The van der Waals surface area contributed by atoms with Gasteiger partial charge in [-0.2, -0.15) is 5.10 Å². The highest BCUT2D eigenvalue weighted by molar-refractivity contribution is 5.96. The van der Waals surface area contributed by atoms with E-state index in [1.54, 1.807) is 18.7 Å². The first-order valence-electron chi connectivity index (χ1n) is 9.46. The molecule has 3 fully saturated rings. The Bertz CT molecular complexity index is 685. The van der Waals surface area contributed by atoms with Crippen molar-refractivity contribution in [1.29, 1.82) is 0 Å². The Morgan fingerprint density at radius 3 is 2.62 bits per heavy atom. The summed E-state index contributed by atoms with van der Waals surface area (Å²) in [7, 11) is 1.73. The molecule has 0 aromatic carbocycles. The molecule has 7 heteroatoms. The van der Waals surface area contributed by atoms with Crippen molar-refractivity contribution in [3.63, 3.8) is 0 Å². The van der Waals surface area contributed by atoms with Gasteiger partial charge in [-0.3, -0.25) is 19.2 Å². The second-order valence-electron chi connectivity index (χ2n) is 7.64. The van der Waals surface area contributed by atoms with Crippen molar-refractivity contribution in [2.75, 3.05) is 39.9 Å². The van der Waals surface area contributed by atoms with Crippen LogP contribution in [-0.2, 0) is 16.1 Å². The SMILES string of the molecule is COCCN1C[C@@H]2CC[C@H]1CN(C(=O)Cn1nc(C)c(C(C)=O)c1C)C2. The summed E-state index contributed by atoms with van der Waals surface area (Å²) in [6.07, 6.45) is 2.33. The molecule has 26 heavy (non-hydrogen) atoms. The largest absolute Gasteiger partial charge is 0.383 e. The number of amides is 1. The Hall–Kier alpha value is -1.73. The van der Waals surface area contributed by atoms with E-state index >= 15 is 0 Å². The van der Waals surface area contributed by atoms with Crippen LogP contribution in [-0.4, -0.2) is 77.2 Å². The third-order valence-corrected chi connectivity index (χ3v) is 5.78. The average Bonchev–Trinajstić information content (AvgIpc) is 2.76. The number of piperidine rings is 1. The van der Waals surface area contributed by atoms with Gasteiger partial charge in [0, 0.05) is 45.0 Å². The van der Waals surface area contributed by atoms with Crippen molar-refractivity contribution in [2.24, 2.45) is 5.92 Å². The number of rotatable bonds is 6. The maximum absolute atomic E-state index is 12.9. The van der Waals surface area contributed by atoms with Crippen molar-refractivity contribution in [1.82, 2.24) is 19.6 Å². The number of aromatic nitrogens is 2. The number of carbonyl (C=O) groups excluding carboxylic acids is 2. The number of methoxy groups -OCH3 is 1. The van der Waals surface area contributed by atoms with Crippen LogP contribution in [0.2, 0.25) is 0 Å². The fraction of sp³-hybridized carbons (Fsp3) is 0.737. The number of fused-ring (bicyclic) bond motifs is 4. The van der Waals surface area contributed by atoms with Crippen molar-refractivity contribution in [3.8, 4) is 0 Å². The first-order chi connectivity index (χ1) is 12.4. The van der Waals surface area contributed by atoms with Crippen LogP contribution in [0.5, 0.6) is 0 Å². The van der Waals surface area contributed by atoms with Gasteiger partial charge in [-0.05, 0) is 39.5 Å². The molecule has 1 aromatic heterocycles. The van der Waals surface area contributed by atoms with Gasteiger partial charge in [0.1, 0.15) is 6.54 Å². The molecule has 0 saturated carbocycles. The van der Waals surface area contributed by atoms with Crippen LogP contribution in [0, 0.1) is 19.8 Å². The first kappa shape index (κ1) is 19.0. The maximum Gasteiger partial charge on any atom is 0.244 e. The lowest BCUT2D eigenvalue weighted by Gasteiger charge is -2.35. The minimum atomic E-state index is 0.000279. The van der Waals surface area contributed by atoms with Crippen molar-refractivity contribution in [2.45, 2.75) is 46.2 Å². The maximum atomic E-state index is 12.9. The number of aryl methyl sites for hydroxylation is 1. The Balaban J connectivity index is 1.69. The molecule has 3 aliphatic rings. The van der Waals surface area contributed by atoms with Crippen LogP contribution < -0.4 is 0 Å². The summed E-state index contributed by atoms with van der Waals surface area (Å²) >= 11 is 0. The third kappa shape index (κ3) is 3.83. The second-order valence-corrected chi connectivity index (χ2v) is 7.64. The Kier molecular flexibility index (Phi) is 5.77. The summed E-state index contributed by atoms with van der Waals surface area (Å²) in [5, 5.41) is 4.42. The van der Waals surface area contributed by atoms with Crippen molar-refractivity contribution in [3.05, 3.63) is 17.0 Å². The van der Waals surface area contributed by atoms with E-state index in [1.165, 1.54) is 6.42 Å². The lowest BCUT2D eigenvalue weighted by Crippen LogP contribution is -2.46. The summed E-state index contributed by atoms with van der Waals surface area (Å²) in [6, 6.07) is 0.418. The molecule has 0 spiro atoms. The van der Waals surface area contributed by atoms with Gasteiger partial charge in [0.05, 0.1) is 17.9 Å². The van der Waals surface area contributed by atoms with Gasteiger partial charge in [-0.25, -0.2) is 0 Å². The van der Waals surface area contributed by atoms with Crippen LogP contribution in [0.25, 0.3) is 0 Å². The van der Waals surface area contributed by atoms with Gasteiger partial charge in [-0.15, -0.1) is 0 Å². The van der Waals surface area contributed by atoms with Gasteiger partial charge in [0.2, 0.25) is 5.91 Å². The molecule has 1 aromatic rings. The highest BCUT2D eigenvalue weighted by Gasteiger charge is 2.36. The molecule has 0 N–H and O–H groups in total. The molecule has 0 radical (unpaired) electrons. The number of nitrogens with zero attached hydrogens (tertiary/aromatic N) is 4. The molecule has 0 unspecified atom stereocenters. The fourth-order valence-corrected chi connectivity index (χ4v) is 4.45. The number of ketones is 1. The molecule has 2 bridgehead atoms. The molecule has 144 valence electrons. The topological polar surface area (TPSA) is 67.7 Å². The summed E-state index contributed by atoms with van der Waals surface area (Å²) in [6.45, 7) is 9.74. The van der Waals surface area contributed by atoms with Crippen molar-refractivity contribution < 1.29 is 14.3 Å². The molecular weight excluding hydrogens is 332 g/mol. The number of Topliss-reactive ketones (excluding diaryl/α,β-unsaturated/α-hetero) is 1. The number of hydrogen-bond donors (Lipinski definition) is 0. The predicted molar refractivity (Wildman–Crippen MR) is 98.2 cm³/mol. The molecule has 7 nitrogen and oxygen atoms in total. The van der Waals surface area contributed by atoms with Crippen LogP contribution in [0.4, 0.5) is 0 Å². The molecule has 0 aliphatic carbocycles. The fourth-order valence-electron chi connectivity index (χ4n) is 4.45. The highest BCUT2D eigenvalue weighted by atomic mass is 16.5. The molecular formula is C19H30N4O3. The normalized spacial score (nSPS) is 23.3. The van der Waals surface area contributed by atoms with E-state index in [9.17, 15) is 9.59 Å². The summed E-state index contributed by atoms with van der Waals surface area (Å²) in [5.74, 6) is 0.624.